The summed E-state index contributed by atoms with van der Waals surface area (Å²) in [5, 5.41) is 6.33. The fourth-order valence-corrected chi connectivity index (χ4v) is 3.30. The van der Waals surface area contributed by atoms with Gasteiger partial charge in [-0.15, -0.1) is 0 Å². The molecule has 0 saturated heterocycles. The molecule has 0 radical (unpaired) electrons. The third-order valence-electron chi connectivity index (χ3n) is 3.86. The molecule has 2 aromatic carbocycles. The molecule has 26 heavy (non-hydrogen) atoms. The molecule has 0 aliphatic carbocycles. The highest BCUT2D eigenvalue weighted by Crippen LogP contribution is 2.28. The minimum atomic E-state index is -0.479. The van der Waals surface area contributed by atoms with Crippen molar-refractivity contribution >= 4 is 45.1 Å². The Morgan fingerprint density at radius 2 is 1.92 bits per heavy atom. The fourth-order valence-electron chi connectivity index (χ4n) is 2.54. The van der Waals surface area contributed by atoms with Crippen LogP contribution in [0.4, 0.5) is 0 Å². The third-order valence-corrected chi connectivity index (χ3v) is 4.71. The average molecular weight is 436 g/mol. The number of amides is 1. The Balaban J connectivity index is 1.52. The molecule has 0 fully saturated rings. The second kappa shape index (κ2) is 8.47. The normalized spacial score (nSPS) is 13.5. The zero-order valence-electron chi connectivity index (χ0n) is 13.8. The molecule has 134 valence electrons. The number of ether oxygens (including phenoxy) is 1. The number of carbonyl (C=O) groups excluding carboxylic acids is 2. The minimum Gasteiger partial charge on any atom is -0.425 e. The molecule has 0 bridgehead atoms. The smallest absolute Gasteiger partial charge is 0.311 e. The molecule has 1 aliphatic rings. The van der Waals surface area contributed by atoms with E-state index >= 15 is 0 Å². The first-order valence-electron chi connectivity index (χ1n) is 8.12. The zero-order valence-corrected chi connectivity index (χ0v) is 16.2. The summed E-state index contributed by atoms with van der Waals surface area (Å²) in [6.07, 6.45) is 0.744. The van der Waals surface area contributed by atoms with Crippen LogP contribution in [0.3, 0.4) is 0 Å². The number of carbonyl (C=O) groups is 2. The van der Waals surface area contributed by atoms with Gasteiger partial charge in [-0.1, -0.05) is 41.9 Å². The third kappa shape index (κ3) is 4.71. The summed E-state index contributed by atoms with van der Waals surface area (Å²) in [4.78, 5) is 24.2. The predicted octanol–water partition coefficient (Wildman–Crippen LogP) is 4.42. The van der Waals surface area contributed by atoms with E-state index in [-0.39, 0.29) is 18.7 Å². The van der Waals surface area contributed by atoms with E-state index in [2.05, 4.69) is 21.0 Å². The van der Waals surface area contributed by atoms with Crippen LogP contribution < -0.4 is 4.74 Å². The largest absolute Gasteiger partial charge is 0.425 e. The molecule has 0 unspecified atom stereocenters. The second-order valence-corrected chi connectivity index (χ2v) is 7.02. The van der Waals surface area contributed by atoms with Gasteiger partial charge in [-0.05, 0) is 39.7 Å². The number of hydrazone groups is 1. The van der Waals surface area contributed by atoms with Crippen molar-refractivity contribution in [3.63, 3.8) is 0 Å². The highest BCUT2D eigenvalue weighted by Gasteiger charge is 2.22. The summed E-state index contributed by atoms with van der Waals surface area (Å²) in [5.74, 6) is -0.298. The van der Waals surface area contributed by atoms with Crippen LogP contribution in [0.2, 0.25) is 5.02 Å². The molecule has 1 aliphatic heterocycles. The van der Waals surface area contributed by atoms with Gasteiger partial charge in [0.05, 0.1) is 23.1 Å². The van der Waals surface area contributed by atoms with Crippen LogP contribution in [0.1, 0.15) is 24.8 Å². The summed E-state index contributed by atoms with van der Waals surface area (Å²) in [5.41, 5.74) is 1.89. The quantitative estimate of drug-likeness (QED) is 0.516. The van der Waals surface area contributed by atoms with E-state index in [1.165, 1.54) is 5.01 Å². The van der Waals surface area contributed by atoms with Gasteiger partial charge in [-0.25, -0.2) is 5.01 Å². The highest BCUT2D eigenvalue weighted by atomic mass is 79.9. The SMILES string of the molecule is O=C(CCC(=O)N1CCC(c2ccccc2)=N1)Oc1ccc(Cl)cc1Br. The maximum absolute atomic E-state index is 12.3. The van der Waals surface area contributed by atoms with Crippen molar-refractivity contribution in [2.45, 2.75) is 19.3 Å². The molecule has 0 saturated carbocycles. The summed E-state index contributed by atoms with van der Waals surface area (Å²) in [6.45, 7) is 0.529. The molecule has 0 aromatic heterocycles. The van der Waals surface area contributed by atoms with Crippen LogP contribution in [0.15, 0.2) is 58.1 Å². The topological polar surface area (TPSA) is 59.0 Å². The number of halogens is 2. The Morgan fingerprint density at radius 1 is 1.15 bits per heavy atom. The van der Waals surface area contributed by atoms with Gasteiger partial charge in [0.1, 0.15) is 5.75 Å². The van der Waals surface area contributed by atoms with Crippen molar-refractivity contribution in [2.75, 3.05) is 6.54 Å². The summed E-state index contributed by atoms with van der Waals surface area (Å²) in [6, 6.07) is 14.6. The van der Waals surface area contributed by atoms with Crippen LogP contribution in [0.25, 0.3) is 0 Å². The Hall–Kier alpha value is -2.18. The van der Waals surface area contributed by atoms with E-state index in [4.69, 9.17) is 16.3 Å². The molecule has 1 amide bonds. The lowest BCUT2D eigenvalue weighted by Gasteiger charge is -2.11. The maximum Gasteiger partial charge on any atom is 0.311 e. The monoisotopic (exact) mass is 434 g/mol. The molecule has 2 aromatic rings. The van der Waals surface area contributed by atoms with E-state index in [1.807, 2.05) is 30.3 Å². The molecule has 3 rings (SSSR count). The Morgan fingerprint density at radius 3 is 2.65 bits per heavy atom. The van der Waals surface area contributed by atoms with Crippen molar-refractivity contribution in [3.8, 4) is 5.75 Å². The van der Waals surface area contributed by atoms with Crippen molar-refractivity contribution in [2.24, 2.45) is 5.10 Å². The van der Waals surface area contributed by atoms with E-state index < -0.39 is 5.97 Å². The second-order valence-electron chi connectivity index (χ2n) is 5.73. The lowest BCUT2D eigenvalue weighted by molar-refractivity contribution is -0.138. The predicted molar refractivity (Wildman–Crippen MR) is 103 cm³/mol. The number of esters is 1. The first-order valence-corrected chi connectivity index (χ1v) is 9.29. The van der Waals surface area contributed by atoms with E-state index in [1.54, 1.807) is 18.2 Å². The van der Waals surface area contributed by atoms with Gasteiger partial charge in [0, 0.05) is 17.9 Å². The van der Waals surface area contributed by atoms with E-state index in [0.29, 0.717) is 28.2 Å². The van der Waals surface area contributed by atoms with Crippen LogP contribution in [0, 0.1) is 0 Å². The molecule has 1 heterocycles. The summed E-state index contributed by atoms with van der Waals surface area (Å²) in [7, 11) is 0. The van der Waals surface area contributed by atoms with Crippen LogP contribution in [0.5, 0.6) is 5.75 Å². The van der Waals surface area contributed by atoms with Crippen molar-refractivity contribution in [1.29, 1.82) is 0 Å². The minimum absolute atomic E-state index is 0.0133. The Kier molecular flexibility index (Phi) is 6.06. The number of benzene rings is 2. The molecule has 0 N–H and O–H groups in total. The van der Waals surface area contributed by atoms with E-state index in [9.17, 15) is 9.59 Å². The van der Waals surface area contributed by atoms with Gasteiger partial charge in [-0.2, -0.15) is 5.10 Å². The lowest BCUT2D eigenvalue weighted by Crippen LogP contribution is -2.24. The van der Waals surface area contributed by atoms with Crippen molar-refractivity contribution < 1.29 is 14.3 Å². The summed E-state index contributed by atoms with van der Waals surface area (Å²) >= 11 is 9.14. The van der Waals surface area contributed by atoms with Crippen molar-refractivity contribution in [1.82, 2.24) is 5.01 Å². The van der Waals surface area contributed by atoms with Crippen LogP contribution in [-0.2, 0) is 9.59 Å². The Bertz CT molecular complexity index is 855. The average Bonchev–Trinajstić information content (AvgIpc) is 3.13. The number of nitrogens with zero attached hydrogens (tertiary/aromatic N) is 2. The molecule has 0 spiro atoms. The first kappa shape index (κ1) is 18.6. The summed E-state index contributed by atoms with van der Waals surface area (Å²) < 4.78 is 5.84. The first-order chi connectivity index (χ1) is 12.5. The van der Waals surface area contributed by atoms with Gasteiger partial charge < -0.3 is 4.74 Å². The van der Waals surface area contributed by atoms with Gasteiger partial charge in [0.25, 0.3) is 0 Å². The molecule has 0 atom stereocenters. The highest BCUT2D eigenvalue weighted by molar-refractivity contribution is 9.10. The lowest BCUT2D eigenvalue weighted by atomic mass is 10.1. The van der Waals surface area contributed by atoms with Crippen LogP contribution >= 0.6 is 27.5 Å². The molecular formula is C19H16BrClN2O3. The zero-order chi connectivity index (χ0) is 18.5. The standard InChI is InChI=1S/C19H16BrClN2O3/c20-15-12-14(21)6-7-17(15)26-19(25)9-8-18(24)23-11-10-16(22-23)13-4-2-1-3-5-13/h1-7,12H,8-11H2. The van der Waals surface area contributed by atoms with Gasteiger partial charge in [0.2, 0.25) is 5.91 Å². The van der Waals surface area contributed by atoms with Gasteiger partial charge in [-0.3, -0.25) is 9.59 Å². The molecule has 7 heteroatoms. The number of rotatable bonds is 5. The maximum atomic E-state index is 12.3. The molecule has 5 nitrogen and oxygen atoms in total. The van der Waals surface area contributed by atoms with E-state index in [0.717, 1.165) is 11.3 Å². The van der Waals surface area contributed by atoms with Gasteiger partial charge in [0.15, 0.2) is 0 Å². The fraction of sp³-hybridized carbons (Fsp3) is 0.211. The Labute approximate surface area is 164 Å². The van der Waals surface area contributed by atoms with Crippen molar-refractivity contribution in [3.05, 3.63) is 63.6 Å². The van der Waals surface area contributed by atoms with Gasteiger partial charge >= 0.3 is 5.97 Å². The number of hydrogen-bond donors (Lipinski definition) is 0. The molecular weight excluding hydrogens is 420 g/mol. The number of hydrogen-bond acceptors (Lipinski definition) is 4. The van der Waals surface area contributed by atoms with Crippen LogP contribution in [-0.4, -0.2) is 29.1 Å².